The summed E-state index contributed by atoms with van der Waals surface area (Å²) in [7, 11) is 0. The number of carbonyl (C=O) groups is 1. The third kappa shape index (κ3) is 3.11. The summed E-state index contributed by atoms with van der Waals surface area (Å²) in [6.07, 6.45) is 1.22. The standard InChI is InChI=1S/C18H21N3O3/c1-5-14-16(24-13-9-7-12(11-19)8-10-13)15(6-2)21(20-14)18(3,4)17(22)23/h7-10H,5-6H2,1-4H3,(H,22,23). The fourth-order valence-corrected chi connectivity index (χ4v) is 2.42. The molecule has 2 aromatic rings. The van der Waals surface area contributed by atoms with Crippen LogP contribution in [-0.2, 0) is 23.2 Å². The van der Waals surface area contributed by atoms with Gasteiger partial charge in [0.15, 0.2) is 11.3 Å². The van der Waals surface area contributed by atoms with Gasteiger partial charge in [-0.2, -0.15) is 10.4 Å². The van der Waals surface area contributed by atoms with Gasteiger partial charge in [-0.05, 0) is 51.0 Å². The van der Waals surface area contributed by atoms with E-state index >= 15 is 0 Å². The van der Waals surface area contributed by atoms with Gasteiger partial charge in [0, 0.05) is 0 Å². The predicted molar refractivity (Wildman–Crippen MR) is 89.2 cm³/mol. The Morgan fingerprint density at radius 1 is 1.29 bits per heavy atom. The van der Waals surface area contributed by atoms with Crippen LogP contribution in [0.1, 0.15) is 44.6 Å². The number of rotatable bonds is 6. The van der Waals surface area contributed by atoms with Gasteiger partial charge >= 0.3 is 5.97 Å². The van der Waals surface area contributed by atoms with Crippen LogP contribution in [0.15, 0.2) is 24.3 Å². The first-order valence-electron chi connectivity index (χ1n) is 7.87. The van der Waals surface area contributed by atoms with Crippen molar-refractivity contribution in [2.24, 2.45) is 0 Å². The van der Waals surface area contributed by atoms with E-state index in [2.05, 4.69) is 11.2 Å². The van der Waals surface area contributed by atoms with Gasteiger partial charge in [0.1, 0.15) is 11.4 Å². The molecule has 0 atom stereocenters. The van der Waals surface area contributed by atoms with Crippen molar-refractivity contribution in [1.82, 2.24) is 9.78 Å². The summed E-state index contributed by atoms with van der Waals surface area (Å²) in [5.41, 5.74) is 0.840. The molecule has 1 aromatic heterocycles. The fraction of sp³-hybridized carbons (Fsp3) is 0.389. The first-order valence-corrected chi connectivity index (χ1v) is 7.87. The molecule has 6 heteroatoms. The van der Waals surface area contributed by atoms with Gasteiger partial charge in [-0.1, -0.05) is 13.8 Å². The molecule has 1 heterocycles. The molecule has 0 unspecified atom stereocenters. The topological polar surface area (TPSA) is 88.1 Å². The molecule has 1 N–H and O–H groups in total. The summed E-state index contributed by atoms with van der Waals surface area (Å²) >= 11 is 0. The van der Waals surface area contributed by atoms with Gasteiger partial charge in [-0.15, -0.1) is 0 Å². The van der Waals surface area contributed by atoms with E-state index in [4.69, 9.17) is 10.00 Å². The zero-order valence-corrected chi connectivity index (χ0v) is 14.3. The smallest absolute Gasteiger partial charge is 0.331 e. The third-order valence-corrected chi connectivity index (χ3v) is 3.93. The van der Waals surface area contributed by atoms with Gasteiger partial charge in [0.05, 0.1) is 17.3 Å². The molecule has 0 aliphatic carbocycles. The van der Waals surface area contributed by atoms with Crippen LogP contribution in [0.2, 0.25) is 0 Å². The lowest BCUT2D eigenvalue weighted by atomic mass is 10.1. The number of nitriles is 1. The Kier molecular flexibility index (Phi) is 4.93. The molecule has 0 amide bonds. The van der Waals surface area contributed by atoms with E-state index in [-0.39, 0.29) is 0 Å². The van der Waals surface area contributed by atoms with Crippen molar-refractivity contribution >= 4 is 5.97 Å². The van der Waals surface area contributed by atoms with E-state index in [1.54, 1.807) is 38.1 Å². The highest BCUT2D eigenvalue weighted by Crippen LogP contribution is 2.33. The molecule has 126 valence electrons. The second-order valence-electron chi connectivity index (χ2n) is 5.94. The summed E-state index contributed by atoms with van der Waals surface area (Å²) in [5, 5.41) is 22.9. The second-order valence-corrected chi connectivity index (χ2v) is 5.94. The van der Waals surface area contributed by atoms with Gasteiger partial charge < -0.3 is 9.84 Å². The van der Waals surface area contributed by atoms with Crippen molar-refractivity contribution in [3.63, 3.8) is 0 Å². The van der Waals surface area contributed by atoms with Crippen molar-refractivity contribution in [3.05, 3.63) is 41.2 Å². The Hall–Kier alpha value is -2.81. The van der Waals surface area contributed by atoms with Crippen LogP contribution >= 0.6 is 0 Å². The average Bonchev–Trinajstić information content (AvgIpc) is 2.93. The number of hydrogen-bond donors (Lipinski definition) is 1. The minimum atomic E-state index is -1.17. The largest absolute Gasteiger partial charge is 0.479 e. The molecule has 2 rings (SSSR count). The van der Waals surface area contributed by atoms with Gasteiger partial charge in [-0.25, -0.2) is 9.48 Å². The van der Waals surface area contributed by atoms with E-state index < -0.39 is 11.5 Å². The lowest BCUT2D eigenvalue weighted by molar-refractivity contribution is -0.146. The first kappa shape index (κ1) is 17.5. The van der Waals surface area contributed by atoms with E-state index in [1.807, 2.05) is 13.8 Å². The second kappa shape index (κ2) is 6.75. The Bertz CT molecular complexity index is 783. The number of benzene rings is 1. The molecule has 0 saturated carbocycles. The molecule has 0 spiro atoms. The van der Waals surface area contributed by atoms with Crippen molar-refractivity contribution in [2.45, 2.75) is 46.1 Å². The van der Waals surface area contributed by atoms with Crippen LogP contribution in [0.3, 0.4) is 0 Å². The number of carboxylic acid groups (broad SMARTS) is 1. The maximum absolute atomic E-state index is 11.6. The molecular formula is C18H21N3O3. The highest BCUT2D eigenvalue weighted by Gasteiger charge is 2.34. The first-order chi connectivity index (χ1) is 11.3. The van der Waals surface area contributed by atoms with Crippen molar-refractivity contribution in [3.8, 4) is 17.6 Å². The van der Waals surface area contributed by atoms with Gasteiger partial charge in [0.25, 0.3) is 0 Å². The van der Waals surface area contributed by atoms with Crippen molar-refractivity contribution in [1.29, 1.82) is 5.26 Å². The number of hydrogen-bond acceptors (Lipinski definition) is 4. The lowest BCUT2D eigenvalue weighted by Crippen LogP contribution is -2.37. The summed E-state index contributed by atoms with van der Waals surface area (Å²) in [6.45, 7) is 7.13. The fourth-order valence-electron chi connectivity index (χ4n) is 2.42. The number of aromatic nitrogens is 2. The minimum Gasteiger partial charge on any atom is -0.479 e. The number of ether oxygens (including phenoxy) is 1. The highest BCUT2D eigenvalue weighted by atomic mass is 16.5. The molecule has 0 saturated heterocycles. The SMILES string of the molecule is CCc1nn(C(C)(C)C(=O)O)c(CC)c1Oc1ccc(C#N)cc1. The maximum atomic E-state index is 11.6. The van der Waals surface area contributed by atoms with Crippen molar-refractivity contribution < 1.29 is 14.6 Å². The number of aryl methyl sites for hydroxylation is 1. The molecule has 1 aromatic carbocycles. The van der Waals surface area contributed by atoms with Crippen LogP contribution in [0.5, 0.6) is 11.5 Å². The summed E-state index contributed by atoms with van der Waals surface area (Å²) < 4.78 is 7.53. The zero-order chi connectivity index (χ0) is 17.9. The monoisotopic (exact) mass is 327 g/mol. The van der Waals surface area contributed by atoms with Crippen LogP contribution < -0.4 is 4.74 Å². The number of aliphatic carboxylic acids is 1. The normalized spacial score (nSPS) is 11.1. The molecular weight excluding hydrogens is 306 g/mol. The lowest BCUT2D eigenvalue weighted by Gasteiger charge is -2.22. The zero-order valence-electron chi connectivity index (χ0n) is 14.3. The molecule has 0 radical (unpaired) electrons. The maximum Gasteiger partial charge on any atom is 0.331 e. The summed E-state index contributed by atoms with van der Waals surface area (Å²) in [5.74, 6) is 0.234. The number of nitrogens with zero attached hydrogens (tertiary/aromatic N) is 3. The Balaban J connectivity index is 2.50. The molecule has 0 aliphatic heterocycles. The third-order valence-electron chi connectivity index (χ3n) is 3.93. The molecule has 0 bridgehead atoms. The van der Waals surface area contributed by atoms with E-state index in [1.165, 1.54) is 4.68 Å². The van der Waals surface area contributed by atoms with Crippen LogP contribution in [0.4, 0.5) is 0 Å². The van der Waals surface area contributed by atoms with Crippen molar-refractivity contribution in [2.75, 3.05) is 0 Å². The minimum absolute atomic E-state index is 0.552. The quantitative estimate of drug-likeness (QED) is 0.877. The average molecular weight is 327 g/mol. The molecule has 0 aliphatic rings. The van der Waals surface area contributed by atoms with Crippen LogP contribution in [-0.4, -0.2) is 20.9 Å². The Morgan fingerprint density at radius 2 is 1.92 bits per heavy atom. The summed E-state index contributed by atoms with van der Waals surface area (Å²) in [4.78, 5) is 11.6. The Labute approximate surface area is 141 Å². The predicted octanol–water partition coefficient (Wildman–Crippen LogP) is 3.49. The van der Waals surface area contributed by atoms with Gasteiger partial charge in [0.2, 0.25) is 0 Å². The van der Waals surface area contributed by atoms with E-state index in [0.29, 0.717) is 35.6 Å². The van der Waals surface area contributed by atoms with E-state index in [9.17, 15) is 9.90 Å². The van der Waals surface area contributed by atoms with Crippen LogP contribution in [0, 0.1) is 11.3 Å². The van der Waals surface area contributed by atoms with E-state index in [0.717, 1.165) is 5.69 Å². The van der Waals surface area contributed by atoms with Crippen LogP contribution in [0.25, 0.3) is 0 Å². The highest BCUT2D eigenvalue weighted by molar-refractivity contribution is 5.75. The van der Waals surface area contributed by atoms with Gasteiger partial charge in [-0.3, -0.25) is 0 Å². The molecule has 0 fully saturated rings. The molecule has 6 nitrogen and oxygen atoms in total. The molecule has 24 heavy (non-hydrogen) atoms. The number of carboxylic acids is 1. The Morgan fingerprint density at radius 3 is 2.38 bits per heavy atom. The summed E-state index contributed by atoms with van der Waals surface area (Å²) in [6, 6.07) is 8.86.